The van der Waals surface area contributed by atoms with Crippen molar-refractivity contribution in [1.82, 2.24) is 5.32 Å². The monoisotopic (exact) mass is 211 g/mol. The van der Waals surface area contributed by atoms with Crippen molar-refractivity contribution in [2.45, 2.75) is 57.9 Å². The third-order valence-corrected chi connectivity index (χ3v) is 2.90. The van der Waals surface area contributed by atoms with Gasteiger partial charge in [0.25, 0.3) is 0 Å². The summed E-state index contributed by atoms with van der Waals surface area (Å²) in [6.07, 6.45) is 9.37. The SMILES string of the molecule is CC=O.O=C(NC1CCCCC1)C1CC1. The topological polar surface area (TPSA) is 46.2 Å². The van der Waals surface area contributed by atoms with Crippen LogP contribution in [0.1, 0.15) is 51.9 Å². The van der Waals surface area contributed by atoms with Crippen LogP contribution in [0.3, 0.4) is 0 Å². The minimum absolute atomic E-state index is 0.321. The summed E-state index contributed by atoms with van der Waals surface area (Å²) >= 11 is 0. The first kappa shape index (κ1) is 12.2. The third-order valence-electron chi connectivity index (χ3n) is 2.90. The highest BCUT2D eigenvalue weighted by Gasteiger charge is 2.30. The Balaban J connectivity index is 0.000000337. The van der Waals surface area contributed by atoms with Crippen LogP contribution in [0.25, 0.3) is 0 Å². The van der Waals surface area contributed by atoms with Gasteiger partial charge < -0.3 is 10.1 Å². The first-order chi connectivity index (χ1) is 7.27. The van der Waals surface area contributed by atoms with Crippen LogP contribution in [0.2, 0.25) is 0 Å². The van der Waals surface area contributed by atoms with Gasteiger partial charge in [-0.25, -0.2) is 0 Å². The molecule has 0 radical (unpaired) electrons. The van der Waals surface area contributed by atoms with Crippen LogP contribution in [0, 0.1) is 5.92 Å². The number of hydrogen-bond donors (Lipinski definition) is 1. The molecule has 0 heterocycles. The number of amides is 1. The van der Waals surface area contributed by atoms with Crippen LogP contribution in [-0.4, -0.2) is 18.2 Å². The lowest BCUT2D eigenvalue weighted by atomic mass is 9.95. The molecule has 3 heteroatoms. The standard InChI is InChI=1S/C10H17NO.C2H4O/c12-10(8-6-7-8)11-9-4-2-1-3-5-9;1-2-3/h8-9H,1-7H2,(H,11,12);2H,1H3. The predicted octanol–water partition coefficient (Wildman–Crippen LogP) is 2.05. The van der Waals surface area contributed by atoms with E-state index in [4.69, 9.17) is 4.79 Å². The van der Waals surface area contributed by atoms with Gasteiger partial charge >= 0.3 is 0 Å². The molecule has 0 aromatic heterocycles. The summed E-state index contributed by atoms with van der Waals surface area (Å²) < 4.78 is 0. The quantitative estimate of drug-likeness (QED) is 0.710. The molecule has 2 saturated carbocycles. The lowest BCUT2D eigenvalue weighted by Gasteiger charge is -2.22. The Morgan fingerprint density at radius 3 is 2.13 bits per heavy atom. The number of aldehydes is 1. The zero-order valence-electron chi connectivity index (χ0n) is 9.50. The zero-order valence-corrected chi connectivity index (χ0v) is 9.50. The van der Waals surface area contributed by atoms with Gasteiger partial charge in [-0.3, -0.25) is 4.79 Å². The van der Waals surface area contributed by atoms with Crippen molar-refractivity contribution >= 4 is 12.2 Å². The van der Waals surface area contributed by atoms with Gasteiger partial charge in [0.05, 0.1) is 0 Å². The second kappa shape index (κ2) is 6.59. The molecule has 0 aromatic rings. The normalized spacial score (nSPS) is 21.1. The van der Waals surface area contributed by atoms with Gasteiger partial charge in [0.15, 0.2) is 0 Å². The van der Waals surface area contributed by atoms with Gasteiger partial charge in [-0.05, 0) is 32.6 Å². The van der Waals surface area contributed by atoms with E-state index >= 15 is 0 Å². The van der Waals surface area contributed by atoms with E-state index in [0.29, 0.717) is 17.9 Å². The molecule has 1 N–H and O–H groups in total. The Bertz CT molecular complexity index is 206. The lowest BCUT2D eigenvalue weighted by Crippen LogP contribution is -2.37. The molecule has 0 bridgehead atoms. The van der Waals surface area contributed by atoms with Crippen LogP contribution >= 0.6 is 0 Å². The average Bonchev–Trinajstić information content (AvgIpc) is 3.03. The van der Waals surface area contributed by atoms with E-state index in [1.165, 1.54) is 39.0 Å². The lowest BCUT2D eigenvalue weighted by molar-refractivity contribution is -0.123. The first-order valence-corrected chi connectivity index (χ1v) is 5.98. The van der Waals surface area contributed by atoms with Gasteiger partial charge in [0.1, 0.15) is 6.29 Å². The molecule has 2 rings (SSSR count). The molecule has 0 atom stereocenters. The van der Waals surface area contributed by atoms with E-state index < -0.39 is 0 Å². The van der Waals surface area contributed by atoms with Crippen molar-refractivity contribution in [3.63, 3.8) is 0 Å². The first-order valence-electron chi connectivity index (χ1n) is 5.98. The Morgan fingerprint density at radius 1 is 1.13 bits per heavy atom. The predicted molar refractivity (Wildman–Crippen MR) is 59.5 cm³/mol. The van der Waals surface area contributed by atoms with E-state index in [2.05, 4.69) is 5.32 Å². The highest BCUT2D eigenvalue weighted by atomic mass is 16.2. The van der Waals surface area contributed by atoms with Gasteiger partial charge in [0, 0.05) is 12.0 Å². The molecule has 1 amide bonds. The van der Waals surface area contributed by atoms with Gasteiger partial charge in [-0.15, -0.1) is 0 Å². The van der Waals surface area contributed by atoms with Gasteiger partial charge in [-0.1, -0.05) is 19.3 Å². The minimum atomic E-state index is 0.321. The summed E-state index contributed by atoms with van der Waals surface area (Å²) in [6.45, 7) is 1.44. The highest BCUT2D eigenvalue weighted by molar-refractivity contribution is 5.81. The highest BCUT2D eigenvalue weighted by Crippen LogP contribution is 2.29. The molecule has 0 aromatic carbocycles. The summed E-state index contributed by atoms with van der Waals surface area (Å²) in [5.74, 6) is 0.703. The number of carbonyl (C=O) groups excluding carboxylic acids is 2. The maximum absolute atomic E-state index is 11.4. The molecule has 0 aliphatic heterocycles. The molecular formula is C12H21NO2. The van der Waals surface area contributed by atoms with Crippen molar-refractivity contribution in [2.75, 3.05) is 0 Å². The summed E-state index contributed by atoms with van der Waals surface area (Å²) in [4.78, 5) is 20.2. The Morgan fingerprint density at radius 2 is 1.67 bits per heavy atom. The van der Waals surface area contributed by atoms with Crippen molar-refractivity contribution in [1.29, 1.82) is 0 Å². The molecule has 2 aliphatic rings. The van der Waals surface area contributed by atoms with Crippen LogP contribution in [0.5, 0.6) is 0 Å². The summed E-state index contributed by atoms with van der Waals surface area (Å²) in [6, 6.07) is 0.506. The molecule has 0 spiro atoms. The third kappa shape index (κ3) is 4.96. The second-order valence-electron chi connectivity index (χ2n) is 4.35. The summed E-state index contributed by atoms with van der Waals surface area (Å²) in [5.41, 5.74) is 0. The van der Waals surface area contributed by atoms with Crippen molar-refractivity contribution in [2.24, 2.45) is 5.92 Å². The smallest absolute Gasteiger partial charge is 0.223 e. The molecule has 2 aliphatic carbocycles. The molecule has 86 valence electrons. The minimum Gasteiger partial charge on any atom is -0.353 e. The van der Waals surface area contributed by atoms with Crippen LogP contribution < -0.4 is 5.32 Å². The number of hydrogen-bond acceptors (Lipinski definition) is 2. The fourth-order valence-electron chi connectivity index (χ4n) is 1.91. The number of rotatable bonds is 2. The van der Waals surface area contributed by atoms with Gasteiger partial charge in [0.2, 0.25) is 5.91 Å². The van der Waals surface area contributed by atoms with Crippen molar-refractivity contribution in [3.8, 4) is 0 Å². The number of carbonyl (C=O) groups is 2. The summed E-state index contributed by atoms with van der Waals surface area (Å²) in [5, 5.41) is 3.14. The maximum atomic E-state index is 11.4. The van der Waals surface area contributed by atoms with Crippen LogP contribution in [0.4, 0.5) is 0 Å². The largest absolute Gasteiger partial charge is 0.353 e. The fourth-order valence-corrected chi connectivity index (χ4v) is 1.91. The molecule has 2 fully saturated rings. The van der Waals surface area contributed by atoms with E-state index in [0.717, 1.165) is 19.1 Å². The summed E-state index contributed by atoms with van der Waals surface area (Å²) in [7, 11) is 0. The molecule has 0 saturated heterocycles. The second-order valence-corrected chi connectivity index (χ2v) is 4.35. The molecular weight excluding hydrogens is 190 g/mol. The van der Waals surface area contributed by atoms with E-state index in [9.17, 15) is 4.79 Å². The molecule has 15 heavy (non-hydrogen) atoms. The average molecular weight is 211 g/mol. The number of nitrogens with one attached hydrogen (secondary N) is 1. The van der Waals surface area contributed by atoms with Crippen LogP contribution in [-0.2, 0) is 9.59 Å². The van der Waals surface area contributed by atoms with Crippen molar-refractivity contribution in [3.05, 3.63) is 0 Å². The van der Waals surface area contributed by atoms with Gasteiger partial charge in [-0.2, -0.15) is 0 Å². The molecule has 0 unspecified atom stereocenters. The van der Waals surface area contributed by atoms with Crippen molar-refractivity contribution < 1.29 is 9.59 Å². The zero-order chi connectivity index (χ0) is 11.1. The Hall–Kier alpha value is -0.860. The maximum Gasteiger partial charge on any atom is 0.223 e. The van der Waals surface area contributed by atoms with E-state index in [1.54, 1.807) is 0 Å². The van der Waals surface area contributed by atoms with Crippen LogP contribution in [0.15, 0.2) is 0 Å². The fraction of sp³-hybridized carbons (Fsp3) is 0.833. The van der Waals surface area contributed by atoms with E-state index in [1.807, 2.05) is 0 Å². The molecule has 3 nitrogen and oxygen atoms in total. The Labute approximate surface area is 91.6 Å². The van der Waals surface area contributed by atoms with E-state index in [-0.39, 0.29) is 0 Å². The Kier molecular flexibility index (Phi) is 5.37.